The van der Waals surface area contributed by atoms with E-state index in [1.165, 1.54) is 37.7 Å². The van der Waals surface area contributed by atoms with Crippen LogP contribution >= 0.6 is 0 Å². The van der Waals surface area contributed by atoms with Crippen molar-refractivity contribution in [2.24, 2.45) is 5.92 Å². The van der Waals surface area contributed by atoms with Gasteiger partial charge in [-0.25, -0.2) is 4.68 Å². The van der Waals surface area contributed by atoms with Crippen molar-refractivity contribution in [2.75, 3.05) is 0 Å². The maximum absolute atomic E-state index is 4.46. The average molecular weight is 283 g/mol. The van der Waals surface area contributed by atoms with Gasteiger partial charge >= 0.3 is 0 Å². The molecular formula is C18H25N3. The molecule has 1 heterocycles. The van der Waals surface area contributed by atoms with Gasteiger partial charge in [-0.05, 0) is 30.9 Å². The fourth-order valence-corrected chi connectivity index (χ4v) is 3.28. The van der Waals surface area contributed by atoms with E-state index in [2.05, 4.69) is 35.7 Å². The molecule has 1 aromatic heterocycles. The lowest BCUT2D eigenvalue weighted by Gasteiger charge is -2.29. The van der Waals surface area contributed by atoms with E-state index in [1.807, 2.05) is 29.1 Å². The molecule has 0 saturated heterocycles. The third-order valence-corrected chi connectivity index (χ3v) is 4.61. The number of hydrogen-bond acceptors (Lipinski definition) is 2. The molecule has 1 aromatic carbocycles. The quantitative estimate of drug-likeness (QED) is 0.901. The molecule has 112 valence electrons. The average Bonchev–Trinajstić information content (AvgIpc) is 3.03. The van der Waals surface area contributed by atoms with Gasteiger partial charge in [-0.3, -0.25) is 0 Å². The van der Waals surface area contributed by atoms with Gasteiger partial charge in [0.05, 0.1) is 11.9 Å². The fourth-order valence-electron chi connectivity index (χ4n) is 3.28. The lowest BCUT2D eigenvalue weighted by atomic mass is 9.84. The zero-order valence-electron chi connectivity index (χ0n) is 12.8. The van der Waals surface area contributed by atoms with Gasteiger partial charge in [0.15, 0.2) is 0 Å². The van der Waals surface area contributed by atoms with Crippen molar-refractivity contribution in [3.05, 3.63) is 48.3 Å². The largest absolute Gasteiger partial charge is 0.310 e. The first-order valence-electron chi connectivity index (χ1n) is 8.17. The first kappa shape index (κ1) is 14.3. The van der Waals surface area contributed by atoms with Gasteiger partial charge in [-0.1, -0.05) is 44.4 Å². The Morgan fingerprint density at radius 3 is 2.90 bits per heavy atom. The minimum absolute atomic E-state index is 0.684. The van der Waals surface area contributed by atoms with Gasteiger partial charge in [-0.15, -0.1) is 0 Å². The number of aromatic nitrogens is 2. The molecule has 3 rings (SSSR count). The first-order chi connectivity index (χ1) is 10.3. The summed E-state index contributed by atoms with van der Waals surface area (Å²) in [6, 6.07) is 11.0. The molecule has 1 N–H and O–H groups in total. The van der Waals surface area contributed by atoms with E-state index in [1.54, 1.807) is 0 Å². The minimum Gasteiger partial charge on any atom is -0.310 e. The second-order valence-electron chi connectivity index (χ2n) is 6.15. The Morgan fingerprint density at radius 2 is 2.10 bits per heavy atom. The highest BCUT2D eigenvalue weighted by Gasteiger charge is 2.20. The van der Waals surface area contributed by atoms with E-state index in [4.69, 9.17) is 0 Å². The van der Waals surface area contributed by atoms with Gasteiger partial charge in [0.1, 0.15) is 0 Å². The second-order valence-corrected chi connectivity index (χ2v) is 6.15. The Bertz CT molecular complexity index is 547. The SMILES string of the molecule is CCC1CCCC(NCc2cnn(-c3ccccc3)c2)C1. The van der Waals surface area contributed by atoms with Crippen molar-refractivity contribution in [1.29, 1.82) is 0 Å². The molecule has 3 heteroatoms. The number of nitrogens with one attached hydrogen (secondary N) is 1. The summed E-state index contributed by atoms with van der Waals surface area (Å²) in [7, 11) is 0. The highest BCUT2D eigenvalue weighted by atomic mass is 15.3. The van der Waals surface area contributed by atoms with E-state index in [0.29, 0.717) is 6.04 Å². The van der Waals surface area contributed by atoms with Crippen LogP contribution in [0.4, 0.5) is 0 Å². The van der Waals surface area contributed by atoms with Crippen molar-refractivity contribution in [3.63, 3.8) is 0 Å². The standard InChI is InChI=1S/C18H25N3/c1-2-15-7-6-8-17(11-15)19-12-16-13-20-21(14-16)18-9-4-3-5-10-18/h3-5,9-10,13-15,17,19H,2,6-8,11-12H2,1H3. The highest BCUT2D eigenvalue weighted by Crippen LogP contribution is 2.26. The Morgan fingerprint density at radius 1 is 1.24 bits per heavy atom. The summed E-state index contributed by atoms with van der Waals surface area (Å²) in [6.45, 7) is 3.24. The lowest BCUT2D eigenvalue weighted by Crippen LogP contribution is -2.33. The molecule has 2 unspecified atom stereocenters. The molecule has 0 aliphatic heterocycles. The van der Waals surface area contributed by atoms with Gasteiger partial charge in [-0.2, -0.15) is 5.10 Å². The Kier molecular flexibility index (Phi) is 4.71. The molecule has 1 fully saturated rings. The summed E-state index contributed by atoms with van der Waals surface area (Å²) < 4.78 is 1.95. The van der Waals surface area contributed by atoms with Gasteiger partial charge in [0.25, 0.3) is 0 Å². The van der Waals surface area contributed by atoms with Crippen LogP contribution in [0, 0.1) is 5.92 Å². The molecule has 0 spiro atoms. The summed E-state index contributed by atoms with van der Waals surface area (Å²) in [5, 5.41) is 8.17. The monoisotopic (exact) mass is 283 g/mol. The van der Waals surface area contributed by atoms with Gasteiger partial charge < -0.3 is 5.32 Å². The summed E-state index contributed by atoms with van der Waals surface area (Å²) in [6.07, 6.45) is 10.9. The molecule has 1 aliphatic rings. The van der Waals surface area contributed by atoms with Crippen LogP contribution in [0.2, 0.25) is 0 Å². The van der Waals surface area contributed by atoms with E-state index in [-0.39, 0.29) is 0 Å². The second kappa shape index (κ2) is 6.90. The maximum Gasteiger partial charge on any atom is 0.0645 e. The van der Waals surface area contributed by atoms with Crippen LogP contribution in [-0.2, 0) is 6.54 Å². The van der Waals surface area contributed by atoms with Crippen molar-refractivity contribution >= 4 is 0 Å². The van der Waals surface area contributed by atoms with Crippen molar-refractivity contribution in [3.8, 4) is 5.69 Å². The van der Waals surface area contributed by atoms with Crippen molar-refractivity contribution in [2.45, 2.75) is 51.6 Å². The van der Waals surface area contributed by atoms with E-state index >= 15 is 0 Å². The smallest absolute Gasteiger partial charge is 0.0645 e. The lowest BCUT2D eigenvalue weighted by molar-refractivity contribution is 0.278. The van der Waals surface area contributed by atoms with Gasteiger partial charge in [0.2, 0.25) is 0 Å². The molecule has 2 atom stereocenters. The summed E-state index contributed by atoms with van der Waals surface area (Å²) in [5.74, 6) is 0.920. The van der Waals surface area contributed by atoms with E-state index in [9.17, 15) is 0 Å². The Labute approximate surface area is 127 Å². The maximum atomic E-state index is 4.46. The van der Waals surface area contributed by atoms with Gasteiger partial charge in [0, 0.05) is 24.3 Å². The zero-order valence-corrected chi connectivity index (χ0v) is 12.8. The number of benzene rings is 1. The zero-order chi connectivity index (χ0) is 14.5. The summed E-state index contributed by atoms with van der Waals surface area (Å²) in [5.41, 5.74) is 2.38. The predicted octanol–water partition coefficient (Wildman–Crippen LogP) is 3.93. The molecule has 0 amide bonds. The molecule has 3 nitrogen and oxygen atoms in total. The summed E-state index contributed by atoms with van der Waals surface area (Å²) >= 11 is 0. The number of hydrogen-bond donors (Lipinski definition) is 1. The van der Waals surface area contributed by atoms with Crippen LogP contribution in [-0.4, -0.2) is 15.8 Å². The number of rotatable bonds is 5. The Hall–Kier alpha value is -1.61. The van der Waals surface area contributed by atoms with Crippen LogP contribution in [0.3, 0.4) is 0 Å². The molecule has 2 aromatic rings. The van der Waals surface area contributed by atoms with Crippen molar-refractivity contribution in [1.82, 2.24) is 15.1 Å². The fraction of sp³-hybridized carbons (Fsp3) is 0.500. The van der Waals surface area contributed by atoms with Crippen LogP contribution in [0.1, 0.15) is 44.6 Å². The highest BCUT2D eigenvalue weighted by molar-refractivity contribution is 5.30. The van der Waals surface area contributed by atoms with Crippen LogP contribution in [0.25, 0.3) is 5.69 Å². The van der Waals surface area contributed by atoms with Crippen LogP contribution in [0.15, 0.2) is 42.7 Å². The Balaban J connectivity index is 1.55. The number of para-hydroxylation sites is 1. The molecule has 21 heavy (non-hydrogen) atoms. The minimum atomic E-state index is 0.684. The van der Waals surface area contributed by atoms with Crippen LogP contribution in [0.5, 0.6) is 0 Å². The molecule has 0 radical (unpaired) electrons. The number of nitrogens with zero attached hydrogens (tertiary/aromatic N) is 2. The van der Waals surface area contributed by atoms with E-state index in [0.717, 1.165) is 18.2 Å². The van der Waals surface area contributed by atoms with Crippen LogP contribution < -0.4 is 5.32 Å². The summed E-state index contributed by atoms with van der Waals surface area (Å²) in [4.78, 5) is 0. The topological polar surface area (TPSA) is 29.9 Å². The van der Waals surface area contributed by atoms with Crippen molar-refractivity contribution < 1.29 is 0 Å². The third-order valence-electron chi connectivity index (χ3n) is 4.61. The molecular weight excluding hydrogens is 258 g/mol. The molecule has 1 aliphatic carbocycles. The first-order valence-corrected chi connectivity index (χ1v) is 8.17. The van der Waals surface area contributed by atoms with E-state index < -0.39 is 0 Å². The third kappa shape index (κ3) is 3.73. The predicted molar refractivity (Wildman–Crippen MR) is 86.4 cm³/mol. The molecule has 0 bridgehead atoms. The normalized spacial score (nSPS) is 22.3. The molecule has 1 saturated carbocycles.